The Bertz CT molecular complexity index is 300. The number of aromatic amines is 1. The summed E-state index contributed by atoms with van der Waals surface area (Å²) in [5.41, 5.74) is 9.65. The van der Waals surface area contributed by atoms with Gasteiger partial charge in [-0.25, -0.2) is 0 Å². The quantitative estimate of drug-likeness (QED) is 0.782. The van der Waals surface area contributed by atoms with Gasteiger partial charge in [0.15, 0.2) is 0 Å². The summed E-state index contributed by atoms with van der Waals surface area (Å²) in [5, 5.41) is 7.56. The van der Waals surface area contributed by atoms with Gasteiger partial charge in [0.25, 0.3) is 0 Å². The Hall–Kier alpha value is -0.830. The third-order valence-corrected chi connectivity index (χ3v) is 2.73. The number of rotatable bonds is 5. The average molecular weight is 209 g/mol. The van der Waals surface area contributed by atoms with Crippen molar-refractivity contribution < 1.29 is 0 Å². The molecule has 3 nitrogen and oxygen atoms in total. The van der Waals surface area contributed by atoms with Gasteiger partial charge in [0.05, 0.1) is 5.69 Å². The molecule has 1 unspecified atom stereocenters. The summed E-state index contributed by atoms with van der Waals surface area (Å²) in [5.74, 6) is 0.500. The van der Waals surface area contributed by atoms with Crippen molar-refractivity contribution in [3.05, 3.63) is 17.0 Å². The van der Waals surface area contributed by atoms with Gasteiger partial charge in [-0.1, -0.05) is 20.8 Å². The van der Waals surface area contributed by atoms with Crippen LogP contribution in [0.1, 0.15) is 57.0 Å². The second-order valence-corrected chi connectivity index (χ2v) is 4.59. The molecular weight excluding hydrogens is 186 g/mol. The largest absolute Gasteiger partial charge is 0.328 e. The van der Waals surface area contributed by atoms with Crippen molar-refractivity contribution in [3.8, 4) is 0 Å². The van der Waals surface area contributed by atoms with Crippen molar-refractivity contribution >= 4 is 0 Å². The third-order valence-electron chi connectivity index (χ3n) is 2.73. The molecule has 1 rings (SSSR count). The fourth-order valence-corrected chi connectivity index (χ4v) is 1.87. The van der Waals surface area contributed by atoms with Crippen LogP contribution in [0, 0.1) is 0 Å². The Morgan fingerprint density at radius 2 is 2.00 bits per heavy atom. The van der Waals surface area contributed by atoms with Crippen LogP contribution in [0.25, 0.3) is 0 Å². The molecular formula is C12H23N3. The van der Waals surface area contributed by atoms with Crippen LogP contribution in [0.2, 0.25) is 0 Å². The highest BCUT2D eigenvalue weighted by molar-refractivity contribution is 5.27. The molecule has 0 aliphatic rings. The number of nitrogens with two attached hydrogens (primary N) is 1. The predicted molar refractivity (Wildman–Crippen MR) is 64.0 cm³/mol. The van der Waals surface area contributed by atoms with Crippen molar-refractivity contribution in [1.29, 1.82) is 0 Å². The second-order valence-electron chi connectivity index (χ2n) is 4.59. The van der Waals surface area contributed by atoms with Gasteiger partial charge in [0, 0.05) is 11.7 Å². The molecule has 0 aliphatic heterocycles. The third kappa shape index (κ3) is 3.06. The number of H-pyrrole nitrogens is 1. The van der Waals surface area contributed by atoms with Crippen molar-refractivity contribution in [2.45, 2.75) is 58.9 Å². The van der Waals surface area contributed by atoms with Crippen LogP contribution in [0.4, 0.5) is 0 Å². The molecule has 1 aromatic heterocycles. The number of nitrogens with zero attached hydrogens (tertiary/aromatic N) is 1. The van der Waals surface area contributed by atoms with E-state index < -0.39 is 0 Å². The van der Waals surface area contributed by atoms with E-state index in [1.165, 1.54) is 17.0 Å². The number of aryl methyl sites for hydroxylation is 1. The van der Waals surface area contributed by atoms with Gasteiger partial charge in [0.2, 0.25) is 0 Å². The van der Waals surface area contributed by atoms with Crippen LogP contribution >= 0.6 is 0 Å². The van der Waals surface area contributed by atoms with E-state index in [0.717, 1.165) is 19.3 Å². The summed E-state index contributed by atoms with van der Waals surface area (Å²) >= 11 is 0. The van der Waals surface area contributed by atoms with Gasteiger partial charge < -0.3 is 5.73 Å². The Kier molecular flexibility index (Phi) is 4.33. The van der Waals surface area contributed by atoms with E-state index in [1.54, 1.807) is 0 Å². The Labute approximate surface area is 92.5 Å². The lowest BCUT2D eigenvalue weighted by Gasteiger charge is -2.07. The Morgan fingerprint density at radius 3 is 2.47 bits per heavy atom. The molecule has 0 radical (unpaired) electrons. The summed E-state index contributed by atoms with van der Waals surface area (Å²) in [6, 6.07) is 0.264. The van der Waals surface area contributed by atoms with Crippen molar-refractivity contribution in [3.63, 3.8) is 0 Å². The monoisotopic (exact) mass is 209 g/mol. The Morgan fingerprint density at radius 1 is 1.33 bits per heavy atom. The summed E-state index contributed by atoms with van der Waals surface area (Å²) in [7, 11) is 0. The lowest BCUT2D eigenvalue weighted by molar-refractivity contribution is 0.654. The van der Waals surface area contributed by atoms with Crippen LogP contribution in [0.5, 0.6) is 0 Å². The zero-order valence-corrected chi connectivity index (χ0v) is 10.3. The van der Waals surface area contributed by atoms with Crippen LogP contribution in [0.15, 0.2) is 0 Å². The van der Waals surface area contributed by atoms with E-state index in [4.69, 9.17) is 5.73 Å². The normalized spacial score (nSPS) is 13.5. The minimum Gasteiger partial charge on any atom is -0.328 e. The van der Waals surface area contributed by atoms with E-state index in [2.05, 4.69) is 31.0 Å². The fourth-order valence-electron chi connectivity index (χ4n) is 1.87. The molecule has 0 saturated heterocycles. The van der Waals surface area contributed by atoms with Gasteiger partial charge in [0.1, 0.15) is 0 Å². The van der Waals surface area contributed by atoms with E-state index in [0.29, 0.717) is 5.92 Å². The lowest BCUT2D eigenvalue weighted by atomic mass is 9.99. The highest BCUT2D eigenvalue weighted by Crippen LogP contribution is 2.21. The molecule has 0 aliphatic carbocycles. The van der Waals surface area contributed by atoms with Gasteiger partial charge in [-0.2, -0.15) is 5.10 Å². The topological polar surface area (TPSA) is 54.7 Å². The number of hydrogen-bond acceptors (Lipinski definition) is 2. The van der Waals surface area contributed by atoms with Crippen molar-refractivity contribution in [2.24, 2.45) is 5.73 Å². The van der Waals surface area contributed by atoms with E-state index in [9.17, 15) is 0 Å². The van der Waals surface area contributed by atoms with Gasteiger partial charge in [-0.15, -0.1) is 0 Å². The summed E-state index contributed by atoms with van der Waals surface area (Å²) in [4.78, 5) is 0. The van der Waals surface area contributed by atoms with Gasteiger partial charge >= 0.3 is 0 Å². The van der Waals surface area contributed by atoms with Crippen molar-refractivity contribution in [1.82, 2.24) is 10.2 Å². The van der Waals surface area contributed by atoms with Crippen LogP contribution < -0.4 is 5.73 Å². The van der Waals surface area contributed by atoms with E-state index in [1.807, 2.05) is 6.92 Å². The number of nitrogens with one attached hydrogen (secondary N) is 1. The molecule has 3 heteroatoms. The molecule has 0 saturated carbocycles. The first kappa shape index (κ1) is 12.2. The van der Waals surface area contributed by atoms with E-state index >= 15 is 0 Å². The van der Waals surface area contributed by atoms with E-state index in [-0.39, 0.29) is 6.04 Å². The van der Waals surface area contributed by atoms with Crippen LogP contribution in [-0.2, 0) is 12.8 Å². The molecule has 1 atom stereocenters. The summed E-state index contributed by atoms with van der Waals surface area (Å²) in [6.45, 7) is 8.60. The molecule has 86 valence electrons. The molecule has 0 aromatic carbocycles. The van der Waals surface area contributed by atoms with Crippen LogP contribution in [-0.4, -0.2) is 16.2 Å². The summed E-state index contributed by atoms with van der Waals surface area (Å²) < 4.78 is 0. The standard InChI is InChI=1S/C12H23N3/c1-5-10-11(7-6-9(4)13)14-15-12(10)8(2)3/h8-9H,5-7,13H2,1-4H3,(H,14,15). The fraction of sp³-hybridized carbons (Fsp3) is 0.750. The van der Waals surface area contributed by atoms with Gasteiger partial charge in [-0.3, -0.25) is 5.10 Å². The SMILES string of the molecule is CCc1c(C(C)C)n[nH]c1CCC(C)N. The second kappa shape index (κ2) is 5.31. The minimum atomic E-state index is 0.264. The first-order valence-electron chi connectivity index (χ1n) is 5.87. The number of aromatic nitrogens is 2. The smallest absolute Gasteiger partial charge is 0.0682 e. The predicted octanol–water partition coefficient (Wildman–Crippen LogP) is 2.38. The van der Waals surface area contributed by atoms with Crippen molar-refractivity contribution in [2.75, 3.05) is 0 Å². The molecule has 1 heterocycles. The minimum absolute atomic E-state index is 0.264. The Balaban J connectivity index is 2.80. The van der Waals surface area contributed by atoms with Gasteiger partial charge in [-0.05, 0) is 37.7 Å². The molecule has 0 fully saturated rings. The molecule has 1 aromatic rings. The lowest BCUT2D eigenvalue weighted by Crippen LogP contribution is -2.15. The highest BCUT2D eigenvalue weighted by Gasteiger charge is 2.13. The maximum absolute atomic E-state index is 5.76. The molecule has 3 N–H and O–H groups in total. The van der Waals surface area contributed by atoms with Crippen LogP contribution in [0.3, 0.4) is 0 Å². The molecule has 0 spiro atoms. The zero-order chi connectivity index (χ0) is 11.4. The number of hydrogen-bond donors (Lipinski definition) is 2. The maximum Gasteiger partial charge on any atom is 0.0682 e. The molecule has 0 amide bonds. The summed E-state index contributed by atoms with van der Waals surface area (Å²) in [6.07, 6.45) is 3.09. The first-order valence-corrected chi connectivity index (χ1v) is 5.87. The maximum atomic E-state index is 5.76. The zero-order valence-electron chi connectivity index (χ0n) is 10.3. The average Bonchev–Trinajstić information content (AvgIpc) is 2.57. The molecule has 0 bridgehead atoms. The first-order chi connectivity index (χ1) is 7.06. The highest BCUT2D eigenvalue weighted by atomic mass is 15.1. The molecule has 15 heavy (non-hydrogen) atoms.